The molecule has 0 saturated heterocycles. The molecule has 2 aromatic heterocycles. The van der Waals surface area contributed by atoms with Crippen molar-refractivity contribution in [2.45, 2.75) is 13.1 Å². The Morgan fingerprint density at radius 1 is 1.15 bits per heavy atom. The summed E-state index contributed by atoms with van der Waals surface area (Å²) in [6.45, 7) is 0.207. The molecule has 0 aliphatic carbocycles. The third-order valence-corrected chi connectivity index (χ3v) is 3.99. The first-order valence-electron chi connectivity index (χ1n) is 8.08. The fourth-order valence-electron chi connectivity index (χ4n) is 2.71. The van der Waals surface area contributed by atoms with Crippen molar-refractivity contribution in [2.24, 2.45) is 0 Å². The molecule has 1 N–H and O–H groups in total. The molecule has 26 heavy (non-hydrogen) atoms. The number of benzene rings is 2. The van der Waals surface area contributed by atoms with Crippen LogP contribution in [0, 0.1) is 5.82 Å². The molecule has 0 aliphatic rings. The molecular formula is C19H15FN4O2. The van der Waals surface area contributed by atoms with Gasteiger partial charge in [-0.25, -0.2) is 4.39 Å². The van der Waals surface area contributed by atoms with Gasteiger partial charge < -0.3 is 14.4 Å². The van der Waals surface area contributed by atoms with E-state index in [-0.39, 0.29) is 24.8 Å². The highest BCUT2D eigenvalue weighted by atomic mass is 19.1. The average molecular weight is 350 g/mol. The summed E-state index contributed by atoms with van der Waals surface area (Å²) in [5.74, 6) is 0.228. The number of hydrogen-bond donors (Lipinski definition) is 1. The molecule has 6 nitrogen and oxygen atoms in total. The van der Waals surface area contributed by atoms with Crippen molar-refractivity contribution in [3.05, 3.63) is 72.5 Å². The van der Waals surface area contributed by atoms with Crippen LogP contribution in [0.15, 0.2) is 65.3 Å². The van der Waals surface area contributed by atoms with Gasteiger partial charge in [0.1, 0.15) is 12.4 Å². The molecule has 0 aliphatic heterocycles. The molecule has 130 valence electrons. The van der Waals surface area contributed by atoms with Crippen molar-refractivity contribution in [2.75, 3.05) is 0 Å². The number of carbonyl (C=O) groups is 1. The normalized spacial score (nSPS) is 11.0. The molecule has 0 unspecified atom stereocenters. The monoisotopic (exact) mass is 350 g/mol. The average Bonchev–Trinajstić information content (AvgIpc) is 3.28. The molecule has 0 atom stereocenters. The summed E-state index contributed by atoms with van der Waals surface area (Å²) in [5, 5.41) is 7.52. The van der Waals surface area contributed by atoms with Gasteiger partial charge in [-0.3, -0.25) is 4.79 Å². The topological polar surface area (TPSA) is 73.0 Å². The van der Waals surface area contributed by atoms with Crippen molar-refractivity contribution >= 4 is 16.8 Å². The van der Waals surface area contributed by atoms with Crippen molar-refractivity contribution < 1.29 is 13.7 Å². The fraction of sp³-hybridized carbons (Fsp3) is 0.105. The lowest BCUT2D eigenvalue weighted by atomic mass is 10.2. The summed E-state index contributed by atoms with van der Waals surface area (Å²) < 4.78 is 20.3. The molecule has 2 heterocycles. The Balaban J connectivity index is 1.40. The molecule has 0 saturated carbocycles. The number of hydrogen-bond acceptors (Lipinski definition) is 4. The first-order chi connectivity index (χ1) is 12.7. The highest BCUT2D eigenvalue weighted by molar-refractivity contribution is 5.83. The summed E-state index contributed by atoms with van der Waals surface area (Å²) in [6.07, 6.45) is 1.75. The van der Waals surface area contributed by atoms with Gasteiger partial charge in [0.25, 0.3) is 0 Å². The number of amides is 1. The van der Waals surface area contributed by atoms with Gasteiger partial charge in [0.2, 0.25) is 17.6 Å². The van der Waals surface area contributed by atoms with Crippen LogP contribution in [-0.4, -0.2) is 20.6 Å². The van der Waals surface area contributed by atoms with Crippen LogP contribution in [0.4, 0.5) is 4.39 Å². The van der Waals surface area contributed by atoms with Crippen LogP contribution >= 0.6 is 0 Å². The quantitative estimate of drug-likeness (QED) is 0.600. The number of nitrogens with zero attached hydrogens (tertiary/aromatic N) is 3. The van der Waals surface area contributed by atoms with E-state index in [1.807, 2.05) is 36.4 Å². The van der Waals surface area contributed by atoms with E-state index in [2.05, 4.69) is 15.5 Å². The Morgan fingerprint density at radius 3 is 2.85 bits per heavy atom. The van der Waals surface area contributed by atoms with Gasteiger partial charge >= 0.3 is 0 Å². The molecule has 1 amide bonds. The summed E-state index contributed by atoms with van der Waals surface area (Å²) in [5.41, 5.74) is 1.51. The minimum atomic E-state index is -0.336. The zero-order chi connectivity index (χ0) is 17.9. The maximum absolute atomic E-state index is 13.4. The van der Waals surface area contributed by atoms with Gasteiger partial charge in [0.05, 0.1) is 12.1 Å². The van der Waals surface area contributed by atoms with E-state index in [0.717, 1.165) is 10.9 Å². The van der Waals surface area contributed by atoms with Gasteiger partial charge in [-0.15, -0.1) is 0 Å². The predicted molar refractivity (Wildman–Crippen MR) is 93.5 cm³/mol. The van der Waals surface area contributed by atoms with Crippen LogP contribution < -0.4 is 5.32 Å². The highest BCUT2D eigenvalue weighted by Crippen LogP contribution is 2.17. The Kier molecular flexibility index (Phi) is 4.18. The van der Waals surface area contributed by atoms with Gasteiger partial charge in [-0.1, -0.05) is 35.5 Å². The summed E-state index contributed by atoms with van der Waals surface area (Å²) in [7, 11) is 0. The summed E-state index contributed by atoms with van der Waals surface area (Å²) in [4.78, 5) is 16.4. The Hall–Kier alpha value is -3.48. The van der Waals surface area contributed by atoms with E-state index in [9.17, 15) is 9.18 Å². The molecule has 0 bridgehead atoms. The van der Waals surface area contributed by atoms with E-state index in [0.29, 0.717) is 17.2 Å². The molecule has 7 heteroatoms. The molecule has 0 spiro atoms. The lowest BCUT2D eigenvalue weighted by Gasteiger charge is -2.05. The maximum atomic E-state index is 13.4. The largest absolute Gasteiger partial charge is 0.345 e. The van der Waals surface area contributed by atoms with Gasteiger partial charge in [-0.2, -0.15) is 4.98 Å². The van der Waals surface area contributed by atoms with Gasteiger partial charge in [0, 0.05) is 11.8 Å². The summed E-state index contributed by atoms with van der Waals surface area (Å²) in [6, 6.07) is 15.8. The zero-order valence-corrected chi connectivity index (χ0v) is 13.7. The number of carbonyl (C=O) groups excluding carboxylic acids is 1. The minimum Gasteiger partial charge on any atom is -0.345 e. The van der Waals surface area contributed by atoms with E-state index in [1.54, 1.807) is 16.8 Å². The van der Waals surface area contributed by atoms with Crippen LogP contribution in [0.25, 0.3) is 22.3 Å². The number of nitrogens with one attached hydrogen (secondary N) is 1. The molecule has 4 rings (SSSR count). The fourth-order valence-corrected chi connectivity index (χ4v) is 2.71. The van der Waals surface area contributed by atoms with Crippen molar-refractivity contribution in [1.29, 1.82) is 0 Å². The Morgan fingerprint density at radius 2 is 2.00 bits per heavy atom. The van der Waals surface area contributed by atoms with Crippen molar-refractivity contribution in [3.63, 3.8) is 0 Å². The van der Waals surface area contributed by atoms with Crippen molar-refractivity contribution in [3.8, 4) is 11.4 Å². The number of rotatable bonds is 5. The van der Waals surface area contributed by atoms with Gasteiger partial charge in [0.15, 0.2) is 0 Å². The lowest BCUT2D eigenvalue weighted by Crippen LogP contribution is -2.27. The second kappa shape index (κ2) is 6.79. The smallest absolute Gasteiger partial charge is 0.246 e. The standard InChI is InChI=1S/C19H15FN4O2/c20-15-7-6-13-8-9-24(16(13)10-15)12-17(25)21-11-18-22-19(23-26-18)14-4-2-1-3-5-14/h1-10H,11-12H2,(H,21,25). The highest BCUT2D eigenvalue weighted by Gasteiger charge is 2.11. The van der Waals surface area contributed by atoms with E-state index >= 15 is 0 Å². The molecule has 0 radical (unpaired) electrons. The molecule has 0 fully saturated rings. The van der Waals surface area contributed by atoms with Crippen LogP contribution in [-0.2, 0) is 17.9 Å². The predicted octanol–water partition coefficient (Wildman–Crippen LogP) is 3.15. The number of fused-ring (bicyclic) bond motifs is 1. The Bertz CT molecular complexity index is 1060. The molecule has 4 aromatic rings. The minimum absolute atomic E-state index is 0.0760. The van der Waals surface area contributed by atoms with Crippen LogP contribution in [0.5, 0.6) is 0 Å². The number of halogens is 1. The summed E-state index contributed by atoms with van der Waals surface area (Å²) >= 11 is 0. The maximum Gasteiger partial charge on any atom is 0.246 e. The zero-order valence-electron chi connectivity index (χ0n) is 13.7. The van der Waals surface area contributed by atoms with E-state index in [1.165, 1.54) is 12.1 Å². The van der Waals surface area contributed by atoms with E-state index < -0.39 is 0 Å². The molecular weight excluding hydrogens is 335 g/mol. The first kappa shape index (κ1) is 16.0. The second-order valence-electron chi connectivity index (χ2n) is 5.80. The van der Waals surface area contributed by atoms with Crippen molar-refractivity contribution in [1.82, 2.24) is 20.0 Å². The first-order valence-corrected chi connectivity index (χ1v) is 8.08. The number of aromatic nitrogens is 3. The third kappa shape index (κ3) is 3.32. The van der Waals surface area contributed by atoms with Crippen LogP contribution in [0.1, 0.15) is 5.89 Å². The van der Waals surface area contributed by atoms with E-state index in [4.69, 9.17) is 4.52 Å². The SMILES string of the molecule is O=C(Cn1ccc2ccc(F)cc21)NCc1nc(-c2ccccc2)no1. The van der Waals surface area contributed by atoms with Crippen LogP contribution in [0.3, 0.4) is 0 Å². The lowest BCUT2D eigenvalue weighted by molar-refractivity contribution is -0.121. The third-order valence-electron chi connectivity index (χ3n) is 3.99. The second-order valence-corrected chi connectivity index (χ2v) is 5.80. The molecule has 2 aromatic carbocycles. The van der Waals surface area contributed by atoms with Gasteiger partial charge in [-0.05, 0) is 29.7 Å². The Labute approximate surface area is 148 Å². The van der Waals surface area contributed by atoms with Crippen LogP contribution in [0.2, 0.25) is 0 Å².